The lowest BCUT2D eigenvalue weighted by Gasteiger charge is -2.24. The van der Waals surface area contributed by atoms with Crippen molar-refractivity contribution >= 4 is 11.9 Å². The summed E-state index contributed by atoms with van der Waals surface area (Å²) in [7, 11) is 6.50. The van der Waals surface area contributed by atoms with E-state index in [0.717, 1.165) is 0 Å². The van der Waals surface area contributed by atoms with Gasteiger partial charge in [-0.15, -0.1) is 0 Å². The summed E-state index contributed by atoms with van der Waals surface area (Å²) in [5.74, 6) is -1.68. The summed E-state index contributed by atoms with van der Waals surface area (Å²) in [6.45, 7) is 7.28. The first kappa shape index (κ1) is 24.3. The van der Waals surface area contributed by atoms with Crippen molar-refractivity contribution < 1.29 is 28.5 Å². The summed E-state index contributed by atoms with van der Waals surface area (Å²) in [5.41, 5.74) is 0. The van der Waals surface area contributed by atoms with Gasteiger partial charge in [0.25, 0.3) is 0 Å². The Bertz CT molecular complexity index is 353. The molecule has 0 aromatic rings. The van der Waals surface area contributed by atoms with Crippen LogP contribution in [0.1, 0.15) is 12.8 Å². The molecule has 2 unspecified atom stereocenters. The number of hydrogen-bond donors (Lipinski definition) is 0. The molecule has 0 saturated carbocycles. The number of carbonyl (C=O) groups is 2. The van der Waals surface area contributed by atoms with Crippen molar-refractivity contribution in [2.24, 2.45) is 11.8 Å². The number of allylic oxidation sites excluding steroid dienone is 2. The summed E-state index contributed by atoms with van der Waals surface area (Å²) >= 11 is 0. The van der Waals surface area contributed by atoms with Crippen LogP contribution in [0.5, 0.6) is 0 Å². The van der Waals surface area contributed by atoms with E-state index in [2.05, 4.69) is 22.6 Å². The summed E-state index contributed by atoms with van der Waals surface area (Å²) in [6.07, 6.45) is 7.78. The van der Waals surface area contributed by atoms with E-state index < -0.39 is 11.8 Å². The monoisotopic (exact) mass is 342 g/mol. The molecule has 6 heteroatoms. The second-order valence-electron chi connectivity index (χ2n) is 4.81. The number of ether oxygens (including phenoxy) is 4. The number of carbonyl (C=O) groups excluding carboxylic acids is 2. The molecule has 0 saturated heterocycles. The number of esters is 2. The molecule has 0 amide bonds. The first-order valence-corrected chi connectivity index (χ1v) is 7.54. The fraction of sp³-hybridized carbons (Fsp3) is 0.556. The average Bonchev–Trinajstić information content (AvgIpc) is 2.59. The van der Waals surface area contributed by atoms with E-state index in [-0.39, 0.29) is 25.2 Å². The normalized spacial score (nSPS) is 18.0. The summed E-state index contributed by atoms with van der Waals surface area (Å²) in [5, 5.41) is 0. The Morgan fingerprint density at radius 1 is 0.875 bits per heavy atom. The summed E-state index contributed by atoms with van der Waals surface area (Å²) in [6, 6.07) is 0. The number of hydrogen-bond acceptors (Lipinski definition) is 6. The van der Waals surface area contributed by atoms with Gasteiger partial charge in [0.15, 0.2) is 0 Å². The molecule has 0 N–H and O–H groups in total. The highest BCUT2D eigenvalue weighted by molar-refractivity contribution is 5.82. The molecule has 0 aromatic carbocycles. The minimum Gasteiger partial charge on any atom is -0.461 e. The van der Waals surface area contributed by atoms with Crippen molar-refractivity contribution in [1.29, 1.82) is 0 Å². The molecule has 0 spiro atoms. The smallest absolute Gasteiger partial charge is 0.310 e. The van der Waals surface area contributed by atoms with Crippen molar-refractivity contribution in [3.8, 4) is 0 Å². The van der Waals surface area contributed by atoms with Gasteiger partial charge in [-0.25, -0.2) is 0 Å². The van der Waals surface area contributed by atoms with E-state index in [9.17, 15) is 9.59 Å². The van der Waals surface area contributed by atoms with Crippen LogP contribution in [0.25, 0.3) is 0 Å². The lowest BCUT2D eigenvalue weighted by Crippen LogP contribution is -2.33. The maximum atomic E-state index is 11.8. The molecule has 0 aromatic heterocycles. The molecule has 0 radical (unpaired) electrons. The Balaban J connectivity index is 0. The van der Waals surface area contributed by atoms with Gasteiger partial charge in [0, 0.05) is 28.4 Å². The Kier molecular flexibility index (Phi) is 17.7. The van der Waals surface area contributed by atoms with Crippen LogP contribution >= 0.6 is 0 Å². The number of methoxy groups -OCH3 is 2. The quantitative estimate of drug-likeness (QED) is 0.546. The molecule has 138 valence electrons. The van der Waals surface area contributed by atoms with Gasteiger partial charge in [-0.05, 0) is 12.8 Å². The Hall–Kier alpha value is -1.92. The molecule has 0 bridgehead atoms. The van der Waals surface area contributed by atoms with Gasteiger partial charge >= 0.3 is 11.9 Å². The minimum atomic E-state index is -0.465. The topological polar surface area (TPSA) is 71.1 Å². The molecule has 1 aliphatic carbocycles. The molecule has 0 heterocycles. The molecule has 1 rings (SSSR count). The third kappa shape index (κ3) is 11.6. The summed E-state index contributed by atoms with van der Waals surface area (Å²) < 4.78 is 18.5. The molecular formula is C18H30O6. The first-order chi connectivity index (χ1) is 11.5. The van der Waals surface area contributed by atoms with Crippen LogP contribution < -0.4 is 0 Å². The lowest BCUT2D eigenvalue weighted by atomic mass is 9.83. The molecule has 2 atom stereocenters. The molecular weight excluding hydrogens is 312 g/mol. The fourth-order valence-corrected chi connectivity index (χ4v) is 1.83. The lowest BCUT2D eigenvalue weighted by molar-refractivity contribution is -0.159. The zero-order valence-corrected chi connectivity index (χ0v) is 15.2. The second kappa shape index (κ2) is 17.4. The molecule has 24 heavy (non-hydrogen) atoms. The molecule has 0 fully saturated rings. The second-order valence-corrected chi connectivity index (χ2v) is 4.81. The van der Waals surface area contributed by atoms with Gasteiger partial charge in [-0.3, -0.25) is 9.59 Å². The van der Waals surface area contributed by atoms with E-state index in [0.29, 0.717) is 12.8 Å². The number of rotatable bonds is 6. The maximum Gasteiger partial charge on any atom is 0.310 e. The zero-order chi connectivity index (χ0) is 18.8. The average molecular weight is 342 g/mol. The highest BCUT2D eigenvalue weighted by Gasteiger charge is 2.35. The van der Waals surface area contributed by atoms with Gasteiger partial charge in [0.2, 0.25) is 0 Å². The van der Waals surface area contributed by atoms with Crippen LogP contribution in [-0.2, 0) is 28.5 Å². The molecule has 6 nitrogen and oxygen atoms in total. The van der Waals surface area contributed by atoms with Crippen LogP contribution in [0.3, 0.4) is 0 Å². The fourth-order valence-electron chi connectivity index (χ4n) is 1.83. The van der Waals surface area contributed by atoms with E-state index >= 15 is 0 Å². The molecule has 1 aliphatic rings. The van der Waals surface area contributed by atoms with Crippen molar-refractivity contribution in [3.05, 3.63) is 37.5 Å². The minimum absolute atomic E-state index is 0.160. The third-order valence-corrected chi connectivity index (χ3v) is 2.72. The van der Waals surface area contributed by atoms with Crippen LogP contribution in [0.4, 0.5) is 0 Å². The first-order valence-electron chi connectivity index (χ1n) is 7.54. The van der Waals surface area contributed by atoms with Gasteiger partial charge in [0.1, 0.15) is 13.2 Å². The Labute approximate surface area is 145 Å². The highest BCUT2D eigenvalue weighted by atomic mass is 16.5. The van der Waals surface area contributed by atoms with E-state index in [4.69, 9.17) is 9.47 Å². The van der Waals surface area contributed by atoms with Gasteiger partial charge in [0.05, 0.1) is 11.8 Å². The van der Waals surface area contributed by atoms with Crippen molar-refractivity contribution in [2.45, 2.75) is 12.8 Å². The highest BCUT2D eigenvalue weighted by Crippen LogP contribution is 2.28. The van der Waals surface area contributed by atoms with E-state index in [1.54, 1.807) is 28.4 Å². The third-order valence-electron chi connectivity index (χ3n) is 2.72. The van der Waals surface area contributed by atoms with Crippen LogP contribution in [0.2, 0.25) is 0 Å². The van der Waals surface area contributed by atoms with Gasteiger partial charge < -0.3 is 18.9 Å². The van der Waals surface area contributed by atoms with Crippen molar-refractivity contribution in [2.75, 3.05) is 41.7 Å². The largest absolute Gasteiger partial charge is 0.461 e. The predicted octanol–water partition coefficient (Wildman–Crippen LogP) is 2.55. The van der Waals surface area contributed by atoms with Crippen molar-refractivity contribution in [3.63, 3.8) is 0 Å². The molecule has 0 aliphatic heterocycles. The van der Waals surface area contributed by atoms with Crippen LogP contribution in [0.15, 0.2) is 37.5 Å². The van der Waals surface area contributed by atoms with E-state index in [1.807, 2.05) is 12.2 Å². The Morgan fingerprint density at radius 3 is 1.42 bits per heavy atom. The van der Waals surface area contributed by atoms with Crippen molar-refractivity contribution in [1.82, 2.24) is 0 Å². The maximum absolute atomic E-state index is 11.8. The standard InChI is InChI=1S/C14H18O4.2C2H6O/c1-3-9-17-13(15)11-7-5-6-8-12(11)14(16)18-10-4-2;2*1-3-2/h3-6,11-12H,1-2,7-10H2;2*1-2H3. The van der Waals surface area contributed by atoms with Gasteiger partial charge in [-0.1, -0.05) is 37.5 Å². The van der Waals surface area contributed by atoms with Gasteiger partial charge in [-0.2, -0.15) is 0 Å². The SMILES string of the molecule is C=CCOC(=O)C1CC=CCC1C(=O)OCC=C.COC.COC. The zero-order valence-electron chi connectivity index (χ0n) is 15.2. The van der Waals surface area contributed by atoms with Crippen LogP contribution in [0, 0.1) is 11.8 Å². The Morgan fingerprint density at radius 2 is 1.17 bits per heavy atom. The van der Waals surface area contributed by atoms with Crippen LogP contribution in [-0.4, -0.2) is 53.6 Å². The predicted molar refractivity (Wildman–Crippen MR) is 93.5 cm³/mol. The summed E-state index contributed by atoms with van der Waals surface area (Å²) in [4.78, 5) is 23.6. The van der Waals surface area contributed by atoms with E-state index in [1.165, 1.54) is 12.2 Å².